The molecule has 0 aliphatic rings. The molecule has 152 valence electrons. The molecule has 6 nitrogen and oxygen atoms in total. The number of rotatable bonds is 10. The van der Waals surface area contributed by atoms with Gasteiger partial charge in [0.15, 0.2) is 0 Å². The van der Waals surface area contributed by atoms with Gasteiger partial charge >= 0.3 is 0 Å². The van der Waals surface area contributed by atoms with Gasteiger partial charge in [-0.3, -0.25) is 4.79 Å². The molecule has 9 heteroatoms. The van der Waals surface area contributed by atoms with Gasteiger partial charge in [0.05, 0.1) is 17.3 Å². The summed E-state index contributed by atoms with van der Waals surface area (Å²) in [4.78, 5) is 12.2. The monoisotopic (exact) mass is 442 g/mol. The number of hydrogen-bond acceptors (Lipinski definition) is 5. The standard InChI is InChI=1S/C19H23ClN2O4S2/c1-14(11-26-2)22-28(24,25)18-8-6-17(7-9-18)21-19(23)13-27-12-15-4-3-5-16(20)10-15/h3-10,14,22H,11-13H2,1-2H3,(H,21,23). The SMILES string of the molecule is COCC(C)NS(=O)(=O)c1ccc(NC(=O)CSCc2cccc(Cl)c2)cc1. The van der Waals surface area contributed by atoms with Crippen molar-refractivity contribution in [3.63, 3.8) is 0 Å². The molecule has 2 aromatic carbocycles. The fourth-order valence-electron chi connectivity index (χ4n) is 2.42. The number of thioether (sulfide) groups is 1. The average molecular weight is 443 g/mol. The molecule has 0 aromatic heterocycles. The van der Waals surface area contributed by atoms with E-state index in [1.54, 1.807) is 25.1 Å². The van der Waals surface area contributed by atoms with Crippen molar-refractivity contribution in [1.82, 2.24) is 4.72 Å². The molecule has 0 aliphatic carbocycles. The topological polar surface area (TPSA) is 84.5 Å². The normalized spacial score (nSPS) is 12.5. The highest BCUT2D eigenvalue weighted by molar-refractivity contribution is 7.99. The molecular formula is C19H23ClN2O4S2. The first kappa shape index (κ1) is 22.7. The Balaban J connectivity index is 1.85. The predicted octanol–water partition coefficient (Wildman–Crippen LogP) is 3.53. The van der Waals surface area contributed by atoms with Crippen LogP contribution in [-0.4, -0.2) is 39.8 Å². The van der Waals surface area contributed by atoms with Gasteiger partial charge in [0.2, 0.25) is 15.9 Å². The summed E-state index contributed by atoms with van der Waals surface area (Å²) < 4.78 is 32.0. The lowest BCUT2D eigenvalue weighted by Crippen LogP contribution is -2.35. The number of ether oxygens (including phenoxy) is 1. The van der Waals surface area contributed by atoms with Gasteiger partial charge in [0.1, 0.15) is 0 Å². The molecule has 28 heavy (non-hydrogen) atoms. The summed E-state index contributed by atoms with van der Waals surface area (Å²) >= 11 is 7.41. The predicted molar refractivity (Wildman–Crippen MR) is 114 cm³/mol. The molecule has 1 atom stereocenters. The molecule has 0 heterocycles. The van der Waals surface area contributed by atoms with Gasteiger partial charge in [-0.1, -0.05) is 23.7 Å². The lowest BCUT2D eigenvalue weighted by molar-refractivity contribution is -0.113. The highest BCUT2D eigenvalue weighted by Gasteiger charge is 2.17. The van der Waals surface area contributed by atoms with Gasteiger partial charge in [-0.2, -0.15) is 0 Å². The van der Waals surface area contributed by atoms with E-state index >= 15 is 0 Å². The van der Waals surface area contributed by atoms with Crippen LogP contribution in [0.4, 0.5) is 5.69 Å². The first-order chi connectivity index (χ1) is 13.3. The molecule has 2 N–H and O–H groups in total. The third kappa shape index (κ3) is 7.44. The summed E-state index contributed by atoms with van der Waals surface area (Å²) in [5.74, 6) is 0.800. The largest absolute Gasteiger partial charge is 0.383 e. The quantitative estimate of drug-likeness (QED) is 0.588. The van der Waals surface area contributed by atoms with Crippen LogP contribution in [-0.2, 0) is 25.3 Å². The van der Waals surface area contributed by atoms with E-state index in [-0.39, 0.29) is 29.2 Å². The second-order valence-electron chi connectivity index (χ2n) is 6.17. The van der Waals surface area contributed by atoms with E-state index in [0.717, 1.165) is 5.56 Å². The lowest BCUT2D eigenvalue weighted by atomic mass is 10.2. The Hall–Kier alpha value is -1.58. The molecule has 1 amide bonds. The Kier molecular flexibility index (Phi) is 8.78. The summed E-state index contributed by atoms with van der Waals surface area (Å²) in [5.41, 5.74) is 1.59. The first-order valence-electron chi connectivity index (χ1n) is 8.53. The van der Waals surface area contributed by atoms with Crippen LogP contribution in [0.15, 0.2) is 53.4 Å². The van der Waals surface area contributed by atoms with Crippen LogP contribution in [0.2, 0.25) is 5.02 Å². The lowest BCUT2D eigenvalue weighted by Gasteiger charge is -2.13. The van der Waals surface area contributed by atoms with Gasteiger partial charge < -0.3 is 10.1 Å². The number of anilines is 1. The zero-order valence-electron chi connectivity index (χ0n) is 15.6. The summed E-state index contributed by atoms with van der Waals surface area (Å²) in [5, 5.41) is 3.43. The fraction of sp³-hybridized carbons (Fsp3) is 0.316. The molecule has 0 fully saturated rings. The fourth-order valence-corrected chi connectivity index (χ4v) is 4.64. The van der Waals surface area contributed by atoms with E-state index in [4.69, 9.17) is 16.3 Å². The van der Waals surface area contributed by atoms with E-state index in [2.05, 4.69) is 10.0 Å². The summed E-state index contributed by atoms with van der Waals surface area (Å²) in [6, 6.07) is 13.2. The molecule has 0 bridgehead atoms. The molecule has 0 radical (unpaired) electrons. The molecule has 2 rings (SSSR count). The summed E-state index contributed by atoms with van der Waals surface area (Å²) in [6.45, 7) is 2.00. The van der Waals surface area contributed by atoms with E-state index in [1.165, 1.54) is 31.0 Å². The zero-order chi connectivity index (χ0) is 20.6. The van der Waals surface area contributed by atoms with Crippen molar-refractivity contribution in [1.29, 1.82) is 0 Å². The van der Waals surface area contributed by atoms with Crippen molar-refractivity contribution in [2.24, 2.45) is 0 Å². The van der Waals surface area contributed by atoms with Gasteiger partial charge in [-0.05, 0) is 48.9 Å². The molecule has 0 aliphatic heterocycles. The van der Waals surface area contributed by atoms with Crippen LogP contribution >= 0.6 is 23.4 Å². The maximum Gasteiger partial charge on any atom is 0.240 e. The van der Waals surface area contributed by atoms with E-state index in [0.29, 0.717) is 16.5 Å². The van der Waals surface area contributed by atoms with Crippen LogP contribution < -0.4 is 10.0 Å². The van der Waals surface area contributed by atoms with E-state index < -0.39 is 10.0 Å². The van der Waals surface area contributed by atoms with Crippen LogP contribution in [0, 0.1) is 0 Å². The van der Waals surface area contributed by atoms with Gasteiger partial charge in [-0.25, -0.2) is 13.1 Å². The maximum absolute atomic E-state index is 12.3. The number of nitrogens with one attached hydrogen (secondary N) is 2. The van der Waals surface area contributed by atoms with Crippen molar-refractivity contribution in [2.75, 3.05) is 24.8 Å². The number of methoxy groups -OCH3 is 1. The number of amides is 1. The van der Waals surface area contributed by atoms with Crippen LogP contribution in [0.5, 0.6) is 0 Å². The molecule has 0 saturated carbocycles. The Morgan fingerprint density at radius 2 is 1.93 bits per heavy atom. The highest BCUT2D eigenvalue weighted by atomic mass is 35.5. The summed E-state index contributed by atoms with van der Waals surface area (Å²) in [7, 11) is -2.12. The van der Waals surface area contributed by atoms with Gasteiger partial charge in [-0.15, -0.1) is 11.8 Å². The second kappa shape index (κ2) is 10.8. The minimum atomic E-state index is -3.63. The summed E-state index contributed by atoms with van der Waals surface area (Å²) in [6.07, 6.45) is 0. The van der Waals surface area contributed by atoms with Crippen molar-refractivity contribution in [2.45, 2.75) is 23.6 Å². The molecule has 2 aromatic rings. The van der Waals surface area contributed by atoms with Gasteiger partial charge in [0.25, 0.3) is 0 Å². The minimum absolute atomic E-state index is 0.129. The smallest absolute Gasteiger partial charge is 0.240 e. The Bertz CT molecular complexity index is 889. The van der Waals surface area contributed by atoms with Crippen molar-refractivity contribution < 1.29 is 17.9 Å². The number of carbonyl (C=O) groups excluding carboxylic acids is 1. The third-order valence-electron chi connectivity index (χ3n) is 3.61. The van der Waals surface area contributed by atoms with Crippen LogP contribution in [0.1, 0.15) is 12.5 Å². The minimum Gasteiger partial charge on any atom is -0.383 e. The number of halogens is 1. The van der Waals surface area contributed by atoms with Gasteiger partial charge in [0, 0.05) is 29.6 Å². The maximum atomic E-state index is 12.3. The van der Waals surface area contributed by atoms with Crippen LogP contribution in [0.25, 0.3) is 0 Å². The van der Waals surface area contributed by atoms with Crippen molar-refractivity contribution >= 4 is 45.0 Å². The number of sulfonamides is 1. The van der Waals surface area contributed by atoms with Crippen molar-refractivity contribution in [3.8, 4) is 0 Å². The van der Waals surface area contributed by atoms with E-state index in [9.17, 15) is 13.2 Å². The van der Waals surface area contributed by atoms with Crippen molar-refractivity contribution in [3.05, 3.63) is 59.1 Å². The van der Waals surface area contributed by atoms with E-state index in [1.807, 2.05) is 18.2 Å². The zero-order valence-corrected chi connectivity index (χ0v) is 18.0. The van der Waals surface area contributed by atoms with Crippen LogP contribution in [0.3, 0.4) is 0 Å². The second-order valence-corrected chi connectivity index (χ2v) is 9.31. The first-order valence-corrected chi connectivity index (χ1v) is 11.5. The molecule has 0 spiro atoms. The average Bonchev–Trinajstić information content (AvgIpc) is 2.62. The molecular weight excluding hydrogens is 420 g/mol. The number of carbonyl (C=O) groups is 1. The molecule has 0 saturated heterocycles. The third-order valence-corrected chi connectivity index (χ3v) is 6.46. The number of benzene rings is 2. The Morgan fingerprint density at radius 3 is 2.57 bits per heavy atom. The highest BCUT2D eigenvalue weighted by Crippen LogP contribution is 2.18. The molecule has 1 unspecified atom stereocenters. The Labute approximate surface area is 175 Å². The Morgan fingerprint density at radius 1 is 1.21 bits per heavy atom. The number of hydrogen-bond donors (Lipinski definition) is 2.